The molecule has 2 amide bonds. The minimum atomic E-state index is -1.46. The fourth-order valence-electron chi connectivity index (χ4n) is 8.18. The summed E-state index contributed by atoms with van der Waals surface area (Å²) in [5.74, 6) is -3.58. The van der Waals surface area contributed by atoms with E-state index in [0.717, 1.165) is 22.3 Å². The van der Waals surface area contributed by atoms with Crippen molar-refractivity contribution in [1.82, 2.24) is 0 Å². The molecule has 3 aliphatic rings. The quantitative estimate of drug-likeness (QED) is 0.212. The maximum atomic E-state index is 15.8. The summed E-state index contributed by atoms with van der Waals surface area (Å²) in [6.07, 6.45) is 0. The van der Waals surface area contributed by atoms with Crippen LogP contribution in [-0.4, -0.2) is 17.6 Å². The fourth-order valence-corrected chi connectivity index (χ4v) is 8.18. The minimum absolute atomic E-state index is 0.171. The Bertz CT molecular complexity index is 1850. The third kappa shape index (κ3) is 3.18. The van der Waals surface area contributed by atoms with Gasteiger partial charge in [-0.1, -0.05) is 121 Å². The highest BCUT2D eigenvalue weighted by Gasteiger charge is 2.82. The van der Waals surface area contributed by atoms with Crippen LogP contribution in [0.15, 0.2) is 146 Å². The maximum absolute atomic E-state index is 15.8. The molecular weight excluding hydrogens is 549 g/mol. The number of carbonyl (C=O) groups is 3. The molecule has 0 unspecified atom stereocenters. The van der Waals surface area contributed by atoms with Gasteiger partial charge in [-0.15, -0.1) is 0 Å². The average Bonchev–Trinajstić information content (AvgIpc) is 3.59. The molecule has 1 saturated carbocycles. The molecule has 212 valence electrons. The van der Waals surface area contributed by atoms with Gasteiger partial charge in [0.2, 0.25) is 11.8 Å². The second-order valence-corrected chi connectivity index (χ2v) is 11.6. The lowest BCUT2D eigenvalue weighted by Crippen LogP contribution is -2.45. The molecule has 1 aliphatic heterocycles. The first kappa shape index (κ1) is 26.2. The van der Waals surface area contributed by atoms with Crippen molar-refractivity contribution in [2.24, 2.45) is 11.8 Å². The van der Waals surface area contributed by atoms with Crippen LogP contribution in [-0.2, 0) is 25.2 Å². The van der Waals surface area contributed by atoms with Crippen LogP contribution in [0.1, 0.15) is 22.3 Å². The third-order valence-electron chi connectivity index (χ3n) is 9.66. The molecule has 0 spiro atoms. The van der Waals surface area contributed by atoms with E-state index < -0.39 is 40.3 Å². The van der Waals surface area contributed by atoms with Crippen LogP contribution in [0.4, 0.5) is 10.1 Å². The summed E-state index contributed by atoms with van der Waals surface area (Å²) in [5, 5.41) is 0. The average molecular weight is 576 g/mol. The van der Waals surface area contributed by atoms with Crippen LogP contribution in [0.2, 0.25) is 0 Å². The van der Waals surface area contributed by atoms with Crippen molar-refractivity contribution in [1.29, 1.82) is 0 Å². The van der Waals surface area contributed by atoms with E-state index in [0.29, 0.717) is 11.1 Å². The van der Waals surface area contributed by atoms with Gasteiger partial charge in [0.05, 0.1) is 28.4 Å². The Balaban J connectivity index is 1.55. The highest BCUT2D eigenvalue weighted by atomic mass is 19.1. The van der Waals surface area contributed by atoms with E-state index >= 15 is 4.79 Å². The first-order valence-corrected chi connectivity index (χ1v) is 14.7. The normalized spacial score (nSPS) is 25.6. The van der Waals surface area contributed by atoms with Gasteiger partial charge in [-0.2, -0.15) is 0 Å². The summed E-state index contributed by atoms with van der Waals surface area (Å²) < 4.78 is 14.0. The lowest BCUT2D eigenvalue weighted by atomic mass is 9.59. The summed E-state index contributed by atoms with van der Waals surface area (Å²) >= 11 is 0. The number of hydrogen-bond donors (Lipinski definition) is 0. The van der Waals surface area contributed by atoms with Gasteiger partial charge in [0.1, 0.15) is 5.82 Å². The number of amides is 2. The lowest BCUT2D eigenvalue weighted by Gasteiger charge is -2.39. The molecule has 44 heavy (non-hydrogen) atoms. The van der Waals surface area contributed by atoms with Gasteiger partial charge in [0, 0.05) is 0 Å². The second kappa shape index (κ2) is 9.55. The molecule has 0 aromatic heterocycles. The number of allylic oxidation sites excluding steroid dienone is 2. The Labute approximate surface area is 254 Å². The van der Waals surface area contributed by atoms with Gasteiger partial charge in [0.25, 0.3) is 0 Å². The van der Waals surface area contributed by atoms with E-state index in [1.165, 1.54) is 29.2 Å². The van der Waals surface area contributed by atoms with E-state index in [1.807, 2.05) is 121 Å². The highest BCUT2D eigenvalue weighted by Crippen LogP contribution is 2.74. The number of hydrogen-bond acceptors (Lipinski definition) is 3. The molecule has 0 N–H and O–H groups in total. The number of anilines is 1. The Kier molecular flexibility index (Phi) is 5.69. The van der Waals surface area contributed by atoms with E-state index in [9.17, 15) is 14.0 Å². The van der Waals surface area contributed by atoms with E-state index in [1.54, 1.807) is 0 Å². The number of rotatable bonds is 5. The standard InChI is InChI=1S/C39H26FNO3/c40-29-21-23-30(24-22-29)41-35(42)33-34(36(41)43)39(28-19-11-4-12-20-28)32(26-15-7-2-8-16-26)31(25-13-5-1-6-14-25)38(33,37(39)44)27-17-9-3-10-18-27/h1-24,33-34H/t33-,34+,38-,39+. The topological polar surface area (TPSA) is 54.5 Å². The first-order valence-electron chi connectivity index (χ1n) is 14.7. The van der Waals surface area contributed by atoms with E-state index in [-0.39, 0.29) is 11.5 Å². The minimum Gasteiger partial charge on any atom is -0.297 e. The van der Waals surface area contributed by atoms with Crippen molar-refractivity contribution < 1.29 is 18.8 Å². The van der Waals surface area contributed by atoms with Crippen molar-refractivity contribution in [2.75, 3.05) is 4.90 Å². The predicted octanol–water partition coefficient (Wildman–Crippen LogP) is 7.01. The Morgan fingerprint density at radius 3 is 1.23 bits per heavy atom. The molecular formula is C39H26FNO3. The fraction of sp³-hybridized carbons (Fsp3) is 0.103. The Hall–Kier alpha value is -5.42. The molecule has 8 rings (SSSR count). The van der Waals surface area contributed by atoms with Gasteiger partial charge >= 0.3 is 0 Å². The van der Waals surface area contributed by atoms with Crippen LogP contribution in [0.5, 0.6) is 0 Å². The van der Waals surface area contributed by atoms with Crippen molar-refractivity contribution in [2.45, 2.75) is 10.8 Å². The molecule has 2 fully saturated rings. The van der Waals surface area contributed by atoms with Crippen molar-refractivity contribution in [3.05, 3.63) is 174 Å². The SMILES string of the molecule is O=C1[C@@H]2[C@H](C(=O)N1c1ccc(F)cc1)[C@]1(c3ccccc3)C(=O)[C@@]2(c2ccccc2)C(c2ccccc2)=C1c1ccccc1. The van der Waals surface area contributed by atoms with Crippen molar-refractivity contribution >= 4 is 34.4 Å². The number of carbonyl (C=O) groups excluding carboxylic acids is 3. The van der Waals surface area contributed by atoms with Gasteiger partial charge in [0.15, 0.2) is 5.78 Å². The molecule has 1 saturated heterocycles. The molecule has 2 bridgehead atoms. The molecule has 1 heterocycles. The molecule has 5 heteroatoms. The lowest BCUT2D eigenvalue weighted by molar-refractivity contribution is -0.130. The summed E-state index contributed by atoms with van der Waals surface area (Å²) in [4.78, 5) is 46.6. The molecule has 5 aromatic carbocycles. The summed E-state index contributed by atoms with van der Waals surface area (Å²) in [6.45, 7) is 0. The summed E-state index contributed by atoms with van der Waals surface area (Å²) in [6, 6.07) is 43.7. The van der Waals surface area contributed by atoms with Gasteiger partial charge < -0.3 is 0 Å². The number of Topliss-reactive ketones (excluding diaryl/α,β-unsaturated/α-hetero) is 1. The van der Waals surface area contributed by atoms with Crippen LogP contribution < -0.4 is 4.90 Å². The van der Waals surface area contributed by atoms with Crippen molar-refractivity contribution in [3.63, 3.8) is 0 Å². The number of imide groups is 1. The van der Waals surface area contributed by atoms with Gasteiger partial charge in [-0.05, 0) is 57.7 Å². The predicted molar refractivity (Wildman–Crippen MR) is 167 cm³/mol. The largest absolute Gasteiger partial charge is 0.297 e. The number of nitrogens with zero attached hydrogens (tertiary/aromatic N) is 1. The van der Waals surface area contributed by atoms with Crippen LogP contribution in [0.25, 0.3) is 11.1 Å². The number of ketones is 1. The first-order chi connectivity index (χ1) is 21.5. The zero-order valence-electron chi connectivity index (χ0n) is 23.6. The monoisotopic (exact) mass is 575 g/mol. The molecule has 2 aliphatic carbocycles. The maximum Gasteiger partial charge on any atom is 0.239 e. The van der Waals surface area contributed by atoms with Crippen LogP contribution in [0, 0.1) is 17.7 Å². The van der Waals surface area contributed by atoms with Crippen LogP contribution >= 0.6 is 0 Å². The molecule has 4 nitrogen and oxygen atoms in total. The van der Waals surface area contributed by atoms with Crippen molar-refractivity contribution in [3.8, 4) is 0 Å². The van der Waals surface area contributed by atoms with Gasteiger partial charge in [-0.25, -0.2) is 9.29 Å². The molecule has 0 radical (unpaired) electrons. The zero-order valence-corrected chi connectivity index (χ0v) is 23.6. The van der Waals surface area contributed by atoms with E-state index in [2.05, 4.69) is 0 Å². The summed E-state index contributed by atoms with van der Waals surface area (Å²) in [5.41, 5.74) is 1.83. The number of halogens is 1. The number of fused-ring (bicyclic) bond motifs is 5. The molecule has 4 atom stereocenters. The zero-order chi connectivity index (χ0) is 30.1. The van der Waals surface area contributed by atoms with E-state index in [4.69, 9.17) is 0 Å². The third-order valence-corrected chi connectivity index (χ3v) is 9.66. The molecule has 5 aromatic rings. The summed E-state index contributed by atoms with van der Waals surface area (Å²) in [7, 11) is 0. The van der Waals surface area contributed by atoms with Crippen LogP contribution in [0.3, 0.4) is 0 Å². The number of benzene rings is 5. The van der Waals surface area contributed by atoms with Gasteiger partial charge in [-0.3, -0.25) is 14.4 Å². The Morgan fingerprint density at radius 1 is 0.477 bits per heavy atom. The smallest absolute Gasteiger partial charge is 0.239 e. The second-order valence-electron chi connectivity index (χ2n) is 11.6. The highest BCUT2D eigenvalue weighted by molar-refractivity contribution is 6.39. The Morgan fingerprint density at radius 2 is 0.841 bits per heavy atom.